The smallest absolute Gasteiger partial charge is 0.166 e. The van der Waals surface area contributed by atoms with Crippen LogP contribution in [0.2, 0.25) is 0 Å². The van der Waals surface area contributed by atoms with Crippen molar-refractivity contribution in [1.29, 1.82) is 0 Å². The van der Waals surface area contributed by atoms with Gasteiger partial charge in [0, 0.05) is 16.7 Å². The highest BCUT2D eigenvalue weighted by molar-refractivity contribution is 5.84. The molecule has 3 aromatic rings. The van der Waals surface area contributed by atoms with Crippen LogP contribution >= 0.6 is 0 Å². The number of allylic oxidation sites excluding steroid dienone is 3. The van der Waals surface area contributed by atoms with E-state index in [1.165, 1.54) is 30.3 Å². The maximum absolute atomic E-state index is 14.8. The summed E-state index contributed by atoms with van der Waals surface area (Å²) < 4.78 is 58.8. The van der Waals surface area contributed by atoms with Gasteiger partial charge < -0.3 is 0 Å². The normalized spacial score (nSPS) is 12.1. The molecule has 0 aliphatic heterocycles. The van der Waals surface area contributed by atoms with Crippen molar-refractivity contribution in [3.05, 3.63) is 119 Å². The minimum absolute atomic E-state index is 0.0888. The zero-order valence-corrected chi connectivity index (χ0v) is 19.3. The van der Waals surface area contributed by atoms with E-state index in [1.807, 2.05) is 19.1 Å². The largest absolute Gasteiger partial charge is 0.207 e. The molecule has 176 valence electrons. The van der Waals surface area contributed by atoms with Crippen molar-refractivity contribution in [1.82, 2.24) is 0 Å². The van der Waals surface area contributed by atoms with Crippen molar-refractivity contribution in [2.45, 2.75) is 39.0 Å². The molecular formula is C30H28F4. The zero-order valence-electron chi connectivity index (χ0n) is 19.3. The molecule has 0 saturated heterocycles. The number of hydrogen-bond donors (Lipinski definition) is 0. The van der Waals surface area contributed by atoms with Gasteiger partial charge in [-0.15, -0.1) is 6.58 Å². The second-order valence-corrected chi connectivity index (χ2v) is 8.11. The Balaban J connectivity index is 1.80. The third-order valence-electron chi connectivity index (χ3n) is 5.68. The summed E-state index contributed by atoms with van der Waals surface area (Å²) in [7, 11) is 0. The predicted octanol–water partition coefficient (Wildman–Crippen LogP) is 9.41. The maximum atomic E-state index is 14.8. The van der Waals surface area contributed by atoms with E-state index in [1.54, 1.807) is 30.3 Å². The van der Waals surface area contributed by atoms with E-state index < -0.39 is 23.3 Å². The Morgan fingerprint density at radius 2 is 1.50 bits per heavy atom. The molecule has 0 nitrogen and oxygen atoms in total. The molecule has 0 N–H and O–H groups in total. The van der Waals surface area contributed by atoms with Crippen LogP contribution in [0.5, 0.6) is 0 Å². The third-order valence-corrected chi connectivity index (χ3v) is 5.68. The molecule has 0 fully saturated rings. The molecule has 3 aromatic carbocycles. The lowest BCUT2D eigenvalue weighted by molar-refractivity contribution is 0.604. The molecule has 0 aliphatic rings. The van der Waals surface area contributed by atoms with E-state index in [9.17, 15) is 17.6 Å². The summed E-state index contributed by atoms with van der Waals surface area (Å²) >= 11 is 0. The highest BCUT2D eigenvalue weighted by atomic mass is 19.2. The number of aryl methyl sites for hydroxylation is 2. The van der Waals surface area contributed by atoms with Gasteiger partial charge in [0.1, 0.15) is 11.6 Å². The Hall–Kier alpha value is -3.40. The summed E-state index contributed by atoms with van der Waals surface area (Å²) in [6, 6.07) is 14.7. The summed E-state index contributed by atoms with van der Waals surface area (Å²) in [5.41, 5.74) is 1.91. The number of rotatable bonds is 10. The van der Waals surface area contributed by atoms with Crippen LogP contribution in [0.4, 0.5) is 17.6 Å². The highest BCUT2D eigenvalue weighted by Gasteiger charge is 2.15. The summed E-state index contributed by atoms with van der Waals surface area (Å²) in [6.45, 7) is 5.60. The molecule has 0 saturated carbocycles. The van der Waals surface area contributed by atoms with Gasteiger partial charge in [-0.2, -0.15) is 0 Å². The van der Waals surface area contributed by atoms with Crippen molar-refractivity contribution in [3.8, 4) is 11.1 Å². The van der Waals surface area contributed by atoms with Crippen LogP contribution < -0.4 is 0 Å². The van der Waals surface area contributed by atoms with Crippen molar-refractivity contribution >= 4 is 11.7 Å². The Bertz CT molecular complexity index is 1190. The lowest BCUT2D eigenvalue weighted by atomic mass is 9.99. The molecule has 0 atom stereocenters. The van der Waals surface area contributed by atoms with Crippen LogP contribution in [0.15, 0.2) is 85.5 Å². The fourth-order valence-electron chi connectivity index (χ4n) is 3.73. The molecule has 0 aliphatic carbocycles. The van der Waals surface area contributed by atoms with Gasteiger partial charge in [-0.05, 0) is 67.9 Å². The Morgan fingerprint density at radius 1 is 0.794 bits per heavy atom. The first-order chi connectivity index (χ1) is 16.4. The lowest BCUT2D eigenvalue weighted by Crippen LogP contribution is -1.94. The molecule has 0 unspecified atom stereocenters. The fraction of sp³-hybridized carbons (Fsp3) is 0.200. The summed E-state index contributed by atoms with van der Waals surface area (Å²) in [6.07, 6.45) is 9.59. The monoisotopic (exact) mass is 464 g/mol. The zero-order chi connectivity index (χ0) is 24.5. The van der Waals surface area contributed by atoms with Gasteiger partial charge in [0.2, 0.25) is 0 Å². The Morgan fingerprint density at radius 3 is 2.15 bits per heavy atom. The molecule has 3 rings (SSSR count). The number of halogens is 4. The quantitative estimate of drug-likeness (QED) is 0.121. The molecular weight excluding hydrogens is 436 g/mol. The van der Waals surface area contributed by atoms with Crippen LogP contribution in [0.1, 0.15) is 48.4 Å². The maximum Gasteiger partial charge on any atom is 0.166 e. The van der Waals surface area contributed by atoms with Crippen LogP contribution in [0, 0.1) is 11.6 Å². The van der Waals surface area contributed by atoms with Gasteiger partial charge in [0.05, 0.1) is 0 Å². The average molecular weight is 465 g/mol. The summed E-state index contributed by atoms with van der Waals surface area (Å²) in [4.78, 5) is 0. The molecule has 0 heterocycles. The minimum atomic E-state index is -1.14. The second-order valence-electron chi connectivity index (χ2n) is 8.11. The van der Waals surface area contributed by atoms with Crippen molar-refractivity contribution in [2.24, 2.45) is 0 Å². The van der Waals surface area contributed by atoms with E-state index >= 15 is 0 Å². The number of benzene rings is 3. The summed E-state index contributed by atoms with van der Waals surface area (Å²) in [5.74, 6) is -3.37. The standard InChI is InChI=1S/C30H28F4/c1-3-5-7-9-21-11-13-23(14-12-21)29(33)30(34)25-17-18-26(28(32)20-25)24-16-15-22(27(31)19-24)10-8-6-4-2/h3-5,11-20H,2,6-10H2,1H3/b5-3+,30-29+. The average Bonchev–Trinajstić information content (AvgIpc) is 2.85. The van der Waals surface area contributed by atoms with E-state index in [-0.39, 0.29) is 16.7 Å². The van der Waals surface area contributed by atoms with Crippen LogP contribution in [-0.2, 0) is 12.8 Å². The van der Waals surface area contributed by atoms with Gasteiger partial charge in [-0.3, -0.25) is 0 Å². The number of hydrogen-bond acceptors (Lipinski definition) is 0. The molecule has 4 heteroatoms. The van der Waals surface area contributed by atoms with Gasteiger partial charge in [-0.25, -0.2) is 17.6 Å². The SMILES string of the molecule is C=CCCCc1ccc(-c2ccc(/C(F)=C(\F)c3ccc(CC/C=C/C)cc3)cc2F)cc1F. The van der Waals surface area contributed by atoms with Crippen molar-refractivity contribution < 1.29 is 17.6 Å². The van der Waals surface area contributed by atoms with Gasteiger partial charge in [0.15, 0.2) is 11.7 Å². The van der Waals surface area contributed by atoms with Crippen molar-refractivity contribution in [3.63, 3.8) is 0 Å². The number of unbranched alkanes of at least 4 members (excludes halogenated alkanes) is 1. The molecule has 0 spiro atoms. The third kappa shape index (κ3) is 6.34. The molecule has 0 amide bonds. The van der Waals surface area contributed by atoms with Gasteiger partial charge in [0.25, 0.3) is 0 Å². The van der Waals surface area contributed by atoms with Crippen LogP contribution in [0.25, 0.3) is 22.8 Å². The van der Waals surface area contributed by atoms with Crippen molar-refractivity contribution in [2.75, 3.05) is 0 Å². The Labute approximate surface area is 199 Å². The highest BCUT2D eigenvalue weighted by Crippen LogP contribution is 2.32. The molecule has 0 radical (unpaired) electrons. The predicted molar refractivity (Wildman–Crippen MR) is 134 cm³/mol. The van der Waals surface area contributed by atoms with Crippen LogP contribution in [-0.4, -0.2) is 0 Å². The van der Waals surface area contributed by atoms with E-state index in [0.717, 1.165) is 37.3 Å². The van der Waals surface area contributed by atoms with E-state index in [4.69, 9.17) is 0 Å². The molecule has 0 bridgehead atoms. The van der Waals surface area contributed by atoms with Crippen LogP contribution in [0.3, 0.4) is 0 Å². The van der Waals surface area contributed by atoms with E-state index in [2.05, 4.69) is 6.58 Å². The van der Waals surface area contributed by atoms with Gasteiger partial charge in [-0.1, -0.05) is 66.8 Å². The van der Waals surface area contributed by atoms with Gasteiger partial charge >= 0.3 is 0 Å². The molecule has 34 heavy (non-hydrogen) atoms. The second kappa shape index (κ2) is 12.2. The van der Waals surface area contributed by atoms with E-state index in [0.29, 0.717) is 17.5 Å². The summed E-state index contributed by atoms with van der Waals surface area (Å²) in [5, 5.41) is 0. The molecule has 0 aromatic heterocycles. The lowest BCUT2D eigenvalue weighted by Gasteiger charge is -2.09. The first-order valence-corrected chi connectivity index (χ1v) is 11.4. The first-order valence-electron chi connectivity index (χ1n) is 11.4. The first kappa shape index (κ1) is 25.2. The minimum Gasteiger partial charge on any atom is -0.207 e. The topological polar surface area (TPSA) is 0 Å². The Kier molecular flexibility index (Phi) is 9.03. The fourth-order valence-corrected chi connectivity index (χ4v) is 3.73.